The zero-order valence-corrected chi connectivity index (χ0v) is 12.7. The molecule has 0 aliphatic heterocycles. The van der Waals surface area contributed by atoms with E-state index >= 15 is 0 Å². The van der Waals surface area contributed by atoms with E-state index < -0.39 is 10.0 Å². The first-order chi connectivity index (χ1) is 9.92. The van der Waals surface area contributed by atoms with Gasteiger partial charge in [0, 0.05) is 6.20 Å². The van der Waals surface area contributed by atoms with Crippen LogP contribution >= 0.6 is 0 Å². The van der Waals surface area contributed by atoms with Gasteiger partial charge in [0.05, 0.1) is 35.6 Å². The number of aliphatic hydroxyl groups is 1. The van der Waals surface area contributed by atoms with Crippen LogP contribution in [-0.2, 0) is 23.2 Å². The van der Waals surface area contributed by atoms with Gasteiger partial charge in [0.15, 0.2) is 0 Å². The molecule has 0 aliphatic rings. The lowest BCUT2D eigenvalue weighted by Gasteiger charge is -2.09. The topological polar surface area (TPSA) is 92.2 Å². The summed E-state index contributed by atoms with van der Waals surface area (Å²) in [6.45, 7) is 3.50. The predicted octanol–water partition coefficient (Wildman–Crippen LogP) is 1.06. The van der Waals surface area contributed by atoms with E-state index in [1.165, 1.54) is 18.3 Å². The van der Waals surface area contributed by atoms with Crippen molar-refractivity contribution in [3.63, 3.8) is 0 Å². The van der Waals surface area contributed by atoms with Crippen LogP contribution < -0.4 is 4.72 Å². The van der Waals surface area contributed by atoms with Gasteiger partial charge >= 0.3 is 0 Å². The second-order valence-electron chi connectivity index (χ2n) is 4.72. The molecule has 112 valence electrons. The molecule has 0 radical (unpaired) electrons. The number of nitrogens with one attached hydrogen (secondary N) is 1. The van der Waals surface area contributed by atoms with E-state index in [0.29, 0.717) is 11.3 Å². The molecule has 0 unspecified atom stereocenters. The fraction of sp³-hybridized carbons (Fsp3) is 0.286. The molecule has 1 aromatic heterocycles. The number of rotatable bonds is 5. The zero-order chi connectivity index (χ0) is 15.5. The Morgan fingerprint density at radius 2 is 1.95 bits per heavy atom. The average Bonchev–Trinajstić information content (AvgIpc) is 2.47. The number of hydrogen-bond acceptors (Lipinski definition) is 5. The minimum atomic E-state index is -3.65. The molecule has 21 heavy (non-hydrogen) atoms. The Labute approximate surface area is 123 Å². The smallest absolute Gasteiger partial charge is 0.240 e. The molecule has 2 aromatic rings. The molecule has 0 atom stereocenters. The lowest BCUT2D eigenvalue weighted by atomic mass is 10.1. The van der Waals surface area contributed by atoms with Crippen molar-refractivity contribution >= 4 is 10.0 Å². The van der Waals surface area contributed by atoms with Crippen LogP contribution in [0.25, 0.3) is 0 Å². The van der Waals surface area contributed by atoms with Crippen LogP contribution in [0.1, 0.15) is 22.5 Å². The normalized spacial score (nSPS) is 11.6. The van der Waals surface area contributed by atoms with E-state index in [1.54, 1.807) is 12.3 Å². The van der Waals surface area contributed by atoms with Gasteiger partial charge in [0.2, 0.25) is 10.0 Å². The van der Waals surface area contributed by atoms with E-state index in [4.69, 9.17) is 0 Å². The van der Waals surface area contributed by atoms with E-state index in [1.807, 2.05) is 13.8 Å². The fourth-order valence-electron chi connectivity index (χ4n) is 1.75. The molecular weight excluding hydrogens is 290 g/mol. The van der Waals surface area contributed by atoms with Crippen LogP contribution in [0.2, 0.25) is 0 Å². The van der Waals surface area contributed by atoms with Crippen molar-refractivity contribution in [2.45, 2.75) is 31.9 Å². The summed E-state index contributed by atoms with van der Waals surface area (Å²) in [5.74, 6) is 0. The average molecular weight is 307 g/mol. The van der Waals surface area contributed by atoms with Crippen molar-refractivity contribution in [1.29, 1.82) is 0 Å². The maximum absolute atomic E-state index is 12.2. The number of aliphatic hydroxyl groups excluding tert-OH is 1. The van der Waals surface area contributed by atoms with Crippen LogP contribution in [0.5, 0.6) is 0 Å². The lowest BCUT2D eigenvalue weighted by molar-refractivity contribution is 0.280. The summed E-state index contributed by atoms with van der Waals surface area (Å²) in [7, 11) is -3.65. The van der Waals surface area contributed by atoms with Crippen LogP contribution in [0.15, 0.2) is 35.5 Å². The first-order valence-electron chi connectivity index (χ1n) is 6.40. The van der Waals surface area contributed by atoms with Crippen molar-refractivity contribution in [1.82, 2.24) is 14.7 Å². The van der Waals surface area contributed by atoms with Gasteiger partial charge < -0.3 is 5.11 Å². The summed E-state index contributed by atoms with van der Waals surface area (Å²) in [5, 5.41) is 9.21. The molecule has 6 nitrogen and oxygen atoms in total. The molecule has 0 bridgehead atoms. The van der Waals surface area contributed by atoms with E-state index in [0.717, 1.165) is 11.3 Å². The number of aromatic nitrogens is 2. The van der Waals surface area contributed by atoms with Crippen LogP contribution in [0.4, 0.5) is 0 Å². The third-order valence-electron chi connectivity index (χ3n) is 3.08. The third-order valence-corrected chi connectivity index (χ3v) is 4.48. The predicted molar refractivity (Wildman–Crippen MR) is 77.9 cm³/mol. The number of benzene rings is 1. The maximum Gasteiger partial charge on any atom is 0.240 e. The molecule has 2 rings (SSSR count). The highest BCUT2D eigenvalue weighted by Gasteiger charge is 2.15. The monoisotopic (exact) mass is 307 g/mol. The number of hydrogen-bond donors (Lipinski definition) is 2. The minimum absolute atomic E-state index is 0.0674. The van der Waals surface area contributed by atoms with Gasteiger partial charge in [0.25, 0.3) is 0 Å². The summed E-state index contributed by atoms with van der Waals surface area (Å²) in [5.41, 5.74) is 2.75. The first kappa shape index (κ1) is 15.6. The molecule has 1 heterocycles. The molecule has 0 saturated heterocycles. The minimum Gasteiger partial charge on any atom is -0.392 e. The van der Waals surface area contributed by atoms with Crippen molar-refractivity contribution in [2.24, 2.45) is 0 Å². The van der Waals surface area contributed by atoms with Crippen LogP contribution in [0.3, 0.4) is 0 Å². The van der Waals surface area contributed by atoms with Gasteiger partial charge in [0.1, 0.15) is 0 Å². The number of sulfonamides is 1. The van der Waals surface area contributed by atoms with Gasteiger partial charge in [-0.1, -0.05) is 6.07 Å². The fourth-order valence-corrected chi connectivity index (χ4v) is 2.80. The summed E-state index contributed by atoms with van der Waals surface area (Å²) in [6.07, 6.45) is 3.12. The third kappa shape index (κ3) is 3.84. The van der Waals surface area contributed by atoms with Crippen molar-refractivity contribution in [3.8, 4) is 0 Å². The van der Waals surface area contributed by atoms with Crippen molar-refractivity contribution in [2.75, 3.05) is 0 Å². The molecule has 0 spiro atoms. The standard InChI is InChI=1S/C14H17N3O3S/c1-10-3-4-14(5-12(10)9-18)21(19,20)17-8-13-7-15-11(2)6-16-13/h3-7,17-18H,8-9H2,1-2H3. The molecule has 0 fully saturated rings. The van der Waals surface area contributed by atoms with E-state index in [2.05, 4.69) is 14.7 Å². The van der Waals surface area contributed by atoms with Crippen molar-refractivity contribution < 1.29 is 13.5 Å². The molecule has 7 heteroatoms. The van der Waals surface area contributed by atoms with Crippen LogP contribution in [-0.4, -0.2) is 23.5 Å². The number of nitrogens with zero attached hydrogens (tertiary/aromatic N) is 2. The van der Waals surface area contributed by atoms with Gasteiger partial charge in [-0.2, -0.15) is 0 Å². The Morgan fingerprint density at radius 1 is 1.19 bits per heavy atom. The second kappa shape index (κ2) is 6.30. The Bertz CT molecular complexity index is 728. The van der Waals surface area contributed by atoms with Crippen LogP contribution in [0, 0.1) is 13.8 Å². The number of aryl methyl sites for hydroxylation is 2. The molecule has 2 N–H and O–H groups in total. The quantitative estimate of drug-likeness (QED) is 0.862. The van der Waals surface area contributed by atoms with Gasteiger partial charge in [-0.3, -0.25) is 9.97 Å². The van der Waals surface area contributed by atoms with Crippen molar-refractivity contribution in [3.05, 3.63) is 53.1 Å². The Balaban J connectivity index is 2.16. The molecule has 0 amide bonds. The summed E-state index contributed by atoms with van der Waals surface area (Å²) in [4.78, 5) is 8.28. The second-order valence-corrected chi connectivity index (χ2v) is 6.49. The summed E-state index contributed by atoms with van der Waals surface area (Å²) >= 11 is 0. The highest BCUT2D eigenvalue weighted by atomic mass is 32.2. The molecule has 1 aromatic carbocycles. The molecule has 0 saturated carbocycles. The van der Waals surface area contributed by atoms with Gasteiger partial charge in [-0.05, 0) is 37.1 Å². The zero-order valence-electron chi connectivity index (χ0n) is 11.9. The summed E-state index contributed by atoms with van der Waals surface area (Å²) in [6, 6.07) is 4.65. The summed E-state index contributed by atoms with van der Waals surface area (Å²) < 4.78 is 26.9. The first-order valence-corrected chi connectivity index (χ1v) is 7.88. The highest BCUT2D eigenvalue weighted by molar-refractivity contribution is 7.89. The maximum atomic E-state index is 12.2. The largest absolute Gasteiger partial charge is 0.392 e. The highest BCUT2D eigenvalue weighted by Crippen LogP contribution is 2.15. The molecule has 0 aliphatic carbocycles. The molecular formula is C14H17N3O3S. The SMILES string of the molecule is Cc1cnc(CNS(=O)(=O)c2ccc(C)c(CO)c2)cn1. The van der Waals surface area contributed by atoms with E-state index in [-0.39, 0.29) is 18.0 Å². The van der Waals surface area contributed by atoms with Gasteiger partial charge in [-0.15, -0.1) is 0 Å². The lowest BCUT2D eigenvalue weighted by Crippen LogP contribution is -2.24. The Hall–Kier alpha value is -1.83. The van der Waals surface area contributed by atoms with E-state index in [9.17, 15) is 13.5 Å². The Morgan fingerprint density at radius 3 is 2.57 bits per heavy atom. The Kier molecular flexibility index (Phi) is 4.66. The van der Waals surface area contributed by atoms with Gasteiger partial charge in [-0.25, -0.2) is 13.1 Å².